The van der Waals surface area contributed by atoms with E-state index < -0.39 is 0 Å². The summed E-state index contributed by atoms with van der Waals surface area (Å²) in [5.41, 5.74) is 1.12. The van der Waals surface area contributed by atoms with Gasteiger partial charge >= 0.3 is 51.4 Å². The number of aromatic nitrogens is 2. The van der Waals surface area contributed by atoms with Crippen LogP contribution in [0.25, 0.3) is 0 Å². The Morgan fingerprint density at radius 3 is 2.57 bits per heavy atom. The van der Waals surface area contributed by atoms with E-state index in [0.29, 0.717) is 0 Å². The molecule has 0 aromatic carbocycles. The second-order valence-corrected chi connectivity index (χ2v) is 1.23. The summed E-state index contributed by atoms with van der Waals surface area (Å²) in [6.45, 7) is 1.96. The standard InChI is InChI=1S/C4H5N2.K/c1-4-2-5-6-3-4;/h2-3H,1H3;/q-1;+1. The van der Waals surface area contributed by atoms with Crippen LogP contribution in [0.3, 0.4) is 0 Å². The van der Waals surface area contributed by atoms with Crippen LogP contribution in [0.2, 0.25) is 0 Å². The second-order valence-electron chi connectivity index (χ2n) is 1.23. The fourth-order valence-corrected chi connectivity index (χ4v) is 0.282. The fraction of sp³-hybridized carbons (Fsp3) is 0.250. The van der Waals surface area contributed by atoms with Crippen LogP contribution in [0, 0.1) is 6.92 Å². The van der Waals surface area contributed by atoms with Crippen LogP contribution in [0.5, 0.6) is 0 Å². The van der Waals surface area contributed by atoms with Crippen LogP contribution in [0.15, 0.2) is 12.4 Å². The van der Waals surface area contributed by atoms with Gasteiger partial charge in [0, 0.05) is 6.20 Å². The summed E-state index contributed by atoms with van der Waals surface area (Å²) in [6, 6.07) is 0. The molecule has 0 radical (unpaired) electrons. The predicted molar refractivity (Wildman–Crippen MR) is 22.3 cm³/mol. The number of nitrogens with zero attached hydrogens (tertiary/aromatic N) is 2. The summed E-state index contributed by atoms with van der Waals surface area (Å²) >= 11 is 0. The molecule has 0 unspecified atom stereocenters. The van der Waals surface area contributed by atoms with Gasteiger partial charge in [0.25, 0.3) is 0 Å². The van der Waals surface area contributed by atoms with Crippen molar-refractivity contribution in [2.75, 3.05) is 0 Å². The smallest absolute Gasteiger partial charge is 0.582 e. The van der Waals surface area contributed by atoms with E-state index in [9.17, 15) is 0 Å². The van der Waals surface area contributed by atoms with Crippen LogP contribution >= 0.6 is 0 Å². The molecule has 0 amide bonds. The van der Waals surface area contributed by atoms with Gasteiger partial charge in [0.2, 0.25) is 0 Å². The van der Waals surface area contributed by atoms with E-state index >= 15 is 0 Å². The first-order chi connectivity index (χ1) is 2.89. The summed E-state index contributed by atoms with van der Waals surface area (Å²) in [6.07, 6.45) is 3.44. The van der Waals surface area contributed by atoms with Crippen LogP contribution in [-0.2, 0) is 0 Å². The SMILES string of the molecule is Cc1cn[n-]c1.[K+]. The Bertz CT molecular complexity index is 113. The van der Waals surface area contributed by atoms with Gasteiger partial charge in [0.15, 0.2) is 0 Å². The van der Waals surface area contributed by atoms with Crippen LogP contribution < -0.4 is 56.5 Å². The predicted octanol–water partition coefficient (Wildman–Crippen LogP) is -2.65. The summed E-state index contributed by atoms with van der Waals surface area (Å²) in [5, 5.41) is 7.14. The average molecular weight is 120 g/mol. The van der Waals surface area contributed by atoms with Gasteiger partial charge in [0.1, 0.15) is 0 Å². The summed E-state index contributed by atoms with van der Waals surface area (Å²) < 4.78 is 0. The molecule has 7 heavy (non-hydrogen) atoms. The van der Waals surface area contributed by atoms with Crippen molar-refractivity contribution in [1.29, 1.82) is 0 Å². The molecule has 2 nitrogen and oxygen atoms in total. The molecule has 32 valence electrons. The molecule has 0 aliphatic rings. The van der Waals surface area contributed by atoms with E-state index in [1.807, 2.05) is 6.92 Å². The van der Waals surface area contributed by atoms with Crippen molar-refractivity contribution < 1.29 is 51.4 Å². The Kier molecular flexibility index (Phi) is 4.26. The zero-order chi connectivity index (χ0) is 4.41. The average Bonchev–Trinajstić information content (AvgIpc) is 1.86. The molecule has 0 N–H and O–H groups in total. The normalized spacial score (nSPS) is 7.57. The molecule has 0 bridgehead atoms. The molecule has 1 heterocycles. The molecule has 0 aliphatic heterocycles. The molecule has 3 heteroatoms. The molecule has 0 saturated heterocycles. The third-order valence-electron chi connectivity index (χ3n) is 0.589. The Balaban J connectivity index is 0.000000360. The van der Waals surface area contributed by atoms with E-state index in [0.717, 1.165) is 5.56 Å². The maximum absolute atomic E-state index is 3.57. The maximum Gasteiger partial charge on any atom is 1.00 e. The van der Waals surface area contributed by atoms with E-state index in [1.165, 1.54) is 0 Å². The molecular weight excluding hydrogens is 115 g/mol. The third kappa shape index (κ3) is 2.61. The van der Waals surface area contributed by atoms with Gasteiger partial charge < -0.3 is 10.2 Å². The summed E-state index contributed by atoms with van der Waals surface area (Å²) in [5.74, 6) is 0. The van der Waals surface area contributed by atoms with Gasteiger partial charge in [-0.3, -0.25) is 0 Å². The zero-order valence-electron chi connectivity index (χ0n) is 4.55. The van der Waals surface area contributed by atoms with Gasteiger partial charge in [-0.2, -0.15) is 6.20 Å². The molecule has 0 saturated carbocycles. The van der Waals surface area contributed by atoms with E-state index in [2.05, 4.69) is 10.2 Å². The number of aryl methyl sites for hydroxylation is 1. The van der Waals surface area contributed by atoms with Crippen molar-refractivity contribution in [1.82, 2.24) is 10.2 Å². The van der Waals surface area contributed by atoms with E-state index in [1.54, 1.807) is 12.4 Å². The topological polar surface area (TPSA) is 27.0 Å². The maximum atomic E-state index is 3.57. The zero-order valence-corrected chi connectivity index (χ0v) is 7.67. The van der Waals surface area contributed by atoms with E-state index in [-0.39, 0.29) is 51.4 Å². The minimum atomic E-state index is 0. The Morgan fingerprint density at radius 2 is 2.43 bits per heavy atom. The van der Waals surface area contributed by atoms with Crippen molar-refractivity contribution in [3.63, 3.8) is 0 Å². The van der Waals surface area contributed by atoms with Crippen LogP contribution in [0.1, 0.15) is 5.56 Å². The summed E-state index contributed by atoms with van der Waals surface area (Å²) in [7, 11) is 0. The monoisotopic (exact) mass is 120 g/mol. The number of hydrogen-bond acceptors (Lipinski definition) is 1. The van der Waals surface area contributed by atoms with Crippen molar-refractivity contribution in [2.24, 2.45) is 0 Å². The van der Waals surface area contributed by atoms with Gasteiger partial charge in [0.05, 0.1) is 0 Å². The van der Waals surface area contributed by atoms with Gasteiger partial charge in [-0.1, -0.05) is 5.56 Å². The molecule has 0 spiro atoms. The third-order valence-corrected chi connectivity index (χ3v) is 0.589. The van der Waals surface area contributed by atoms with E-state index in [4.69, 9.17) is 0 Å². The number of hydrogen-bond donors (Lipinski definition) is 0. The van der Waals surface area contributed by atoms with Crippen molar-refractivity contribution >= 4 is 0 Å². The van der Waals surface area contributed by atoms with Gasteiger partial charge in [-0.05, 0) is 6.92 Å². The first kappa shape index (κ1) is 7.85. The first-order valence-corrected chi connectivity index (χ1v) is 1.79. The Morgan fingerprint density at radius 1 is 1.71 bits per heavy atom. The van der Waals surface area contributed by atoms with Gasteiger partial charge in [-0.15, -0.1) is 0 Å². The second kappa shape index (κ2) is 3.80. The molecular formula is C4H5KN2. The minimum Gasteiger partial charge on any atom is -0.582 e. The molecule has 1 aromatic heterocycles. The van der Waals surface area contributed by atoms with Gasteiger partial charge in [-0.25, -0.2) is 0 Å². The van der Waals surface area contributed by atoms with Crippen LogP contribution in [0.4, 0.5) is 0 Å². The molecule has 0 atom stereocenters. The van der Waals surface area contributed by atoms with Crippen molar-refractivity contribution in [2.45, 2.75) is 6.92 Å². The molecule has 0 aliphatic carbocycles. The van der Waals surface area contributed by atoms with Crippen molar-refractivity contribution in [3.8, 4) is 0 Å². The van der Waals surface area contributed by atoms with Crippen molar-refractivity contribution in [3.05, 3.63) is 18.0 Å². The van der Waals surface area contributed by atoms with Crippen LogP contribution in [-0.4, -0.2) is 5.10 Å². The Labute approximate surface area is 85.1 Å². The summed E-state index contributed by atoms with van der Waals surface area (Å²) in [4.78, 5) is 0. The molecule has 0 fully saturated rings. The largest absolute Gasteiger partial charge is 1.00 e. The number of rotatable bonds is 0. The minimum absolute atomic E-state index is 0. The quantitative estimate of drug-likeness (QED) is 0.350. The molecule has 1 rings (SSSR count). The molecule has 1 aromatic rings. The Hall–Kier alpha value is 0.846. The first-order valence-electron chi connectivity index (χ1n) is 1.79. The fourth-order valence-electron chi connectivity index (χ4n) is 0.282.